The van der Waals surface area contributed by atoms with E-state index in [1.807, 2.05) is 26.0 Å². The van der Waals surface area contributed by atoms with Crippen molar-refractivity contribution in [3.8, 4) is 0 Å². The Kier molecular flexibility index (Phi) is 3.43. The summed E-state index contributed by atoms with van der Waals surface area (Å²) in [6, 6.07) is 0. The van der Waals surface area contributed by atoms with Crippen LogP contribution in [0, 0.1) is 5.92 Å². The topological polar surface area (TPSA) is 38.4 Å². The first kappa shape index (κ1) is 9.71. The Balaban J connectivity index is 0.000000396. The molecule has 0 bridgehead atoms. The second kappa shape index (κ2) is 4.60. The van der Waals surface area contributed by atoms with Gasteiger partial charge in [-0.2, -0.15) is 4.98 Å². The predicted octanol–water partition coefficient (Wildman–Crippen LogP) is 1.26. The van der Waals surface area contributed by atoms with E-state index in [2.05, 4.69) is 16.9 Å². The first-order valence-corrected chi connectivity index (χ1v) is 4.52. The molecule has 1 unspecified atom stereocenters. The van der Waals surface area contributed by atoms with E-state index in [0.29, 0.717) is 11.4 Å². The summed E-state index contributed by atoms with van der Waals surface area (Å²) in [5.41, 5.74) is 1.44. The van der Waals surface area contributed by atoms with Crippen molar-refractivity contribution in [2.45, 2.75) is 20.8 Å². The van der Waals surface area contributed by atoms with Crippen molar-refractivity contribution in [2.75, 3.05) is 0 Å². The highest BCUT2D eigenvalue weighted by Crippen LogP contribution is 1.99. The van der Waals surface area contributed by atoms with Crippen LogP contribution in [-0.2, 0) is 0 Å². The summed E-state index contributed by atoms with van der Waals surface area (Å²) in [4.78, 5) is 8.02. The highest BCUT2D eigenvalue weighted by atomic mass is 16.3. The standard InChI is InChI=1S/C8H8N2O.C2H6/c1-6-2-3-9-8-7(4-6)11-5-10-8;1-2/h2-6H,1H3;1-2H3. The van der Waals surface area contributed by atoms with Crippen LogP contribution in [0.15, 0.2) is 28.1 Å². The van der Waals surface area contributed by atoms with Crippen LogP contribution in [0.5, 0.6) is 0 Å². The molecular weight excluding hydrogens is 164 g/mol. The van der Waals surface area contributed by atoms with E-state index in [-0.39, 0.29) is 0 Å². The van der Waals surface area contributed by atoms with Crippen molar-refractivity contribution in [3.05, 3.63) is 29.6 Å². The molecule has 0 aromatic carbocycles. The van der Waals surface area contributed by atoms with Crippen LogP contribution in [0.25, 0.3) is 6.08 Å². The number of fused-ring (bicyclic) bond motifs is 1. The van der Waals surface area contributed by atoms with Crippen LogP contribution in [0.4, 0.5) is 0 Å². The molecule has 70 valence electrons. The zero-order valence-electron chi connectivity index (χ0n) is 8.19. The van der Waals surface area contributed by atoms with Crippen LogP contribution < -0.4 is 10.9 Å². The molecule has 3 nitrogen and oxygen atoms in total. The lowest BCUT2D eigenvalue weighted by atomic mass is 10.2. The maximum atomic E-state index is 5.11. The molecular formula is C10H14N2O. The van der Waals surface area contributed by atoms with Gasteiger partial charge in [-0.1, -0.05) is 26.8 Å². The molecule has 1 aromatic heterocycles. The third-order valence-corrected chi connectivity index (χ3v) is 1.58. The van der Waals surface area contributed by atoms with Gasteiger partial charge in [0.05, 0.1) is 0 Å². The molecule has 0 spiro atoms. The Labute approximate surface area is 77.5 Å². The number of nitrogens with zero attached hydrogens (tertiary/aromatic N) is 2. The Morgan fingerprint density at radius 3 is 2.92 bits per heavy atom. The zero-order valence-corrected chi connectivity index (χ0v) is 8.19. The van der Waals surface area contributed by atoms with E-state index < -0.39 is 0 Å². The lowest BCUT2D eigenvalue weighted by Gasteiger charge is -1.89. The van der Waals surface area contributed by atoms with E-state index in [1.54, 1.807) is 6.20 Å². The molecule has 1 aliphatic heterocycles. The highest BCUT2D eigenvalue weighted by Gasteiger charge is 1.98. The van der Waals surface area contributed by atoms with Gasteiger partial charge in [0.2, 0.25) is 0 Å². The molecule has 0 amide bonds. The van der Waals surface area contributed by atoms with Crippen molar-refractivity contribution in [3.63, 3.8) is 0 Å². The minimum Gasteiger partial charge on any atom is -0.442 e. The quantitative estimate of drug-likeness (QED) is 0.600. The van der Waals surface area contributed by atoms with Gasteiger partial charge in [-0.05, 0) is 12.0 Å². The summed E-state index contributed by atoms with van der Waals surface area (Å²) in [5, 5.41) is 0. The maximum Gasteiger partial charge on any atom is 0.198 e. The van der Waals surface area contributed by atoms with Gasteiger partial charge in [-0.3, -0.25) is 0 Å². The SMILES string of the molecule is CC.CC1C=CN=c2ncoc2=C1. The Bertz CT molecular complexity index is 389. The molecule has 1 atom stereocenters. The summed E-state index contributed by atoms with van der Waals surface area (Å²) in [7, 11) is 0. The predicted molar refractivity (Wildman–Crippen MR) is 51.4 cm³/mol. The van der Waals surface area contributed by atoms with E-state index in [9.17, 15) is 0 Å². The highest BCUT2D eigenvalue weighted by molar-refractivity contribution is 5.25. The molecule has 0 N–H and O–H groups in total. The molecule has 2 heterocycles. The molecule has 1 aliphatic rings. The molecule has 3 heteroatoms. The van der Waals surface area contributed by atoms with E-state index in [4.69, 9.17) is 4.42 Å². The molecule has 0 aliphatic carbocycles. The van der Waals surface area contributed by atoms with Gasteiger partial charge in [0.1, 0.15) is 0 Å². The summed E-state index contributed by atoms with van der Waals surface area (Å²) in [5.74, 6) is 0.368. The largest absolute Gasteiger partial charge is 0.442 e. The molecule has 0 saturated heterocycles. The van der Waals surface area contributed by atoms with Gasteiger partial charge in [0, 0.05) is 6.20 Å². The van der Waals surface area contributed by atoms with Crippen molar-refractivity contribution in [2.24, 2.45) is 10.9 Å². The van der Waals surface area contributed by atoms with Crippen LogP contribution in [0.3, 0.4) is 0 Å². The molecule has 13 heavy (non-hydrogen) atoms. The molecule has 0 fully saturated rings. The summed E-state index contributed by atoms with van der Waals surface area (Å²) in [6.45, 7) is 6.07. The van der Waals surface area contributed by atoms with Gasteiger partial charge in [-0.25, -0.2) is 4.99 Å². The van der Waals surface area contributed by atoms with Crippen LogP contribution in [-0.4, -0.2) is 4.98 Å². The maximum absolute atomic E-state index is 5.11. The third-order valence-electron chi connectivity index (χ3n) is 1.58. The number of allylic oxidation sites excluding steroid dienone is 1. The smallest absolute Gasteiger partial charge is 0.198 e. The zero-order chi connectivity index (χ0) is 9.68. The Hall–Kier alpha value is -1.38. The van der Waals surface area contributed by atoms with Gasteiger partial charge < -0.3 is 4.42 Å². The van der Waals surface area contributed by atoms with Crippen LogP contribution in [0.2, 0.25) is 0 Å². The number of oxazole rings is 1. The van der Waals surface area contributed by atoms with Gasteiger partial charge in [0.15, 0.2) is 17.3 Å². The fraction of sp³-hybridized carbons (Fsp3) is 0.400. The first-order valence-electron chi connectivity index (χ1n) is 4.52. The van der Waals surface area contributed by atoms with E-state index in [0.717, 1.165) is 5.42 Å². The van der Waals surface area contributed by atoms with Crippen molar-refractivity contribution in [1.29, 1.82) is 0 Å². The Morgan fingerprint density at radius 2 is 2.15 bits per heavy atom. The third kappa shape index (κ3) is 2.28. The fourth-order valence-electron chi connectivity index (χ4n) is 1.00. The van der Waals surface area contributed by atoms with Crippen LogP contribution in [0.1, 0.15) is 20.8 Å². The summed E-state index contributed by atoms with van der Waals surface area (Å²) < 4.78 is 5.11. The Morgan fingerprint density at radius 1 is 1.38 bits per heavy atom. The summed E-state index contributed by atoms with van der Waals surface area (Å²) >= 11 is 0. The minimum atomic E-state index is 0.368. The molecule has 1 aromatic rings. The normalized spacial score (nSPS) is 18.5. The first-order chi connectivity index (χ1) is 6.36. The monoisotopic (exact) mass is 178 g/mol. The van der Waals surface area contributed by atoms with Gasteiger partial charge in [-0.15, -0.1) is 0 Å². The number of aromatic nitrogens is 1. The molecule has 0 radical (unpaired) electrons. The van der Waals surface area contributed by atoms with E-state index in [1.165, 1.54) is 6.39 Å². The molecule has 2 rings (SSSR count). The average molecular weight is 178 g/mol. The number of rotatable bonds is 0. The lowest BCUT2D eigenvalue weighted by Crippen LogP contribution is -2.21. The van der Waals surface area contributed by atoms with Crippen molar-refractivity contribution >= 4 is 6.08 Å². The van der Waals surface area contributed by atoms with Crippen LogP contribution >= 0.6 is 0 Å². The second-order valence-corrected chi connectivity index (χ2v) is 2.54. The van der Waals surface area contributed by atoms with Gasteiger partial charge >= 0.3 is 0 Å². The molecule has 0 saturated carbocycles. The number of hydrogen-bond donors (Lipinski definition) is 0. The summed E-state index contributed by atoms with van der Waals surface area (Å²) in [6.07, 6.45) is 7.17. The lowest BCUT2D eigenvalue weighted by molar-refractivity contribution is 0.521. The average Bonchev–Trinajstić information content (AvgIpc) is 2.50. The van der Waals surface area contributed by atoms with Crippen molar-refractivity contribution in [1.82, 2.24) is 4.98 Å². The fourth-order valence-corrected chi connectivity index (χ4v) is 1.00. The van der Waals surface area contributed by atoms with E-state index >= 15 is 0 Å². The minimum absolute atomic E-state index is 0.368. The van der Waals surface area contributed by atoms with Gasteiger partial charge in [0.25, 0.3) is 0 Å². The van der Waals surface area contributed by atoms with Crippen molar-refractivity contribution < 1.29 is 4.42 Å². The number of hydrogen-bond acceptors (Lipinski definition) is 3. The second-order valence-electron chi connectivity index (χ2n) is 2.54.